The van der Waals surface area contributed by atoms with E-state index in [1.807, 2.05) is 25.1 Å². The molecule has 0 heterocycles. The van der Waals surface area contributed by atoms with Crippen molar-refractivity contribution in [3.8, 4) is 17.2 Å². The summed E-state index contributed by atoms with van der Waals surface area (Å²) in [4.78, 5) is 14.2. The van der Waals surface area contributed by atoms with E-state index in [0.717, 1.165) is 17.1 Å². The molecule has 0 N–H and O–H groups in total. The van der Waals surface area contributed by atoms with Gasteiger partial charge in [0.05, 0.1) is 20.8 Å². The summed E-state index contributed by atoms with van der Waals surface area (Å²) < 4.78 is 16.0. The molecule has 5 nitrogen and oxygen atoms in total. The number of benzene rings is 2. The van der Waals surface area contributed by atoms with E-state index in [1.165, 1.54) is 0 Å². The molecule has 0 aromatic heterocycles. The van der Waals surface area contributed by atoms with Crippen LogP contribution in [-0.2, 0) is 6.54 Å². The minimum Gasteiger partial charge on any atom is -0.497 e. The third-order valence-corrected chi connectivity index (χ3v) is 3.66. The Balaban J connectivity index is 2.11. The first kappa shape index (κ1) is 17.7. The molecule has 0 bridgehead atoms. The maximum Gasteiger partial charge on any atom is 0.253 e. The number of carbonyl (C=O) groups excluding carboxylic acids is 1. The number of hydrogen-bond acceptors (Lipinski definition) is 4. The number of carbonyl (C=O) groups is 1. The smallest absolute Gasteiger partial charge is 0.253 e. The summed E-state index contributed by atoms with van der Waals surface area (Å²) in [5.74, 6) is 2.11. The number of nitrogens with zero attached hydrogens (tertiary/aromatic N) is 1. The van der Waals surface area contributed by atoms with Crippen LogP contribution in [0.1, 0.15) is 22.8 Å². The first-order valence-electron chi connectivity index (χ1n) is 7.78. The summed E-state index contributed by atoms with van der Waals surface area (Å²) in [7, 11) is 4.98. The first-order valence-corrected chi connectivity index (χ1v) is 7.78. The molecule has 0 aliphatic carbocycles. The number of methoxy groups -OCH3 is 2. The second kappa shape index (κ2) is 8.24. The van der Waals surface area contributed by atoms with Crippen molar-refractivity contribution in [3.05, 3.63) is 53.6 Å². The van der Waals surface area contributed by atoms with Crippen LogP contribution in [0, 0.1) is 0 Å². The normalized spacial score (nSPS) is 10.2. The van der Waals surface area contributed by atoms with E-state index in [-0.39, 0.29) is 5.91 Å². The van der Waals surface area contributed by atoms with Gasteiger partial charge in [-0.05, 0) is 43.3 Å². The number of hydrogen-bond donors (Lipinski definition) is 0. The molecule has 0 saturated carbocycles. The lowest BCUT2D eigenvalue weighted by atomic mass is 10.1. The van der Waals surface area contributed by atoms with E-state index in [9.17, 15) is 4.79 Å². The summed E-state index contributed by atoms with van der Waals surface area (Å²) in [5.41, 5.74) is 1.54. The maximum absolute atomic E-state index is 12.6. The number of amides is 1. The van der Waals surface area contributed by atoms with Gasteiger partial charge in [-0.25, -0.2) is 0 Å². The van der Waals surface area contributed by atoms with Gasteiger partial charge in [-0.3, -0.25) is 4.79 Å². The summed E-state index contributed by atoms with van der Waals surface area (Å²) in [6.45, 7) is 2.97. The summed E-state index contributed by atoms with van der Waals surface area (Å²) in [5, 5.41) is 0. The van der Waals surface area contributed by atoms with Crippen LogP contribution in [0.4, 0.5) is 0 Å². The van der Waals surface area contributed by atoms with Crippen molar-refractivity contribution >= 4 is 5.91 Å². The zero-order valence-corrected chi connectivity index (χ0v) is 14.5. The van der Waals surface area contributed by atoms with Crippen LogP contribution in [0.25, 0.3) is 0 Å². The summed E-state index contributed by atoms with van der Waals surface area (Å²) >= 11 is 0. The average Bonchev–Trinajstić information content (AvgIpc) is 2.62. The quantitative estimate of drug-likeness (QED) is 0.781. The van der Waals surface area contributed by atoms with Crippen molar-refractivity contribution in [1.29, 1.82) is 0 Å². The Labute approximate surface area is 142 Å². The van der Waals surface area contributed by atoms with Crippen LogP contribution in [0.5, 0.6) is 17.2 Å². The van der Waals surface area contributed by atoms with Crippen molar-refractivity contribution in [2.75, 3.05) is 27.9 Å². The van der Waals surface area contributed by atoms with E-state index < -0.39 is 0 Å². The molecule has 0 atom stereocenters. The molecule has 0 unspecified atom stereocenters. The van der Waals surface area contributed by atoms with Gasteiger partial charge in [-0.2, -0.15) is 0 Å². The molecule has 1 amide bonds. The predicted molar refractivity (Wildman–Crippen MR) is 93.0 cm³/mol. The van der Waals surface area contributed by atoms with Gasteiger partial charge in [-0.1, -0.05) is 0 Å². The molecule has 0 spiro atoms. The monoisotopic (exact) mass is 329 g/mol. The second-order valence-electron chi connectivity index (χ2n) is 5.30. The molecule has 0 aliphatic rings. The molecule has 0 radical (unpaired) electrons. The topological polar surface area (TPSA) is 48.0 Å². The predicted octanol–water partition coefficient (Wildman–Crippen LogP) is 3.37. The lowest BCUT2D eigenvalue weighted by Crippen LogP contribution is -2.26. The van der Waals surface area contributed by atoms with Crippen molar-refractivity contribution < 1.29 is 19.0 Å². The SMILES string of the molecule is CCOc1ccc(C(=O)N(C)Cc2ccc(OC)cc2OC)cc1. The molecule has 2 rings (SSSR count). The van der Waals surface area contributed by atoms with Crippen molar-refractivity contribution in [2.24, 2.45) is 0 Å². The van der Waals surface area contributed by atoms with E-state index in [2.05, 4.69) is 0 Å². The Morgan fingerprint density at radius 3 is 2.25 bits per heavy atom. The van der Waals surface area contributed by atoms with Gasteiger partial charge in [-0.15, -0.1) is 0 Å². The van der Waals surface area contributed by atoms with Crippen molar-refractivity contribution in [2.45, 2.75) is 13.5 Å². The van der Waals surface area contributed by atoms with Gasteiger partial charge in [0.25, 0.3) is 5.91 Å². The highest BCUT2D eigenvalue weighted by Gasteiger charge is 2.14. The van der Waals surface area contributed by atoms with Gasteiger partial charge in [0.1, 0.15) is 17.2 Å². The molecule has 0 fully saturated rings. The third-order valence-electron chi connectivity index (χ3n) is 3.66. The van der Waals surface area contributed by atoms with Crippen LogP contribution in [0.2, 0.25) is 0 Å². The number of rotatable bonds is 7. The minimum absolute atomic E-state index is 0.0593. The van der Waals surface area contributed by atoms with Gasteiger partial charge in [0.2, 0.25) is 0 Å². The Kier molecular flexibility index (Phi) is 6.07. The third kappa shape index (κ3) is 4.19. The van der Waals surface area contributed by atoms with Gasteiger partial charge in [0.15, 0.2) is 0 Å². The van der Waals surface area contributed by atoms with Crippen LogP contribution in [-0.4, -0.2) is 38.7 Å². The molecule has 2 aromatic carbocycles. The first-order chi connectivity index (χ1) is 11.6. The van der Waals surface area contributed by atoms with Crippen molar-refractivity contribution in [1.82, 2.24) is 4.90 Å². The van der Waals surface area contributed by atoms with E-state index in [0.29, 0.717) is 24.5 Å². The molecule has 24 heavy (non-hydrogen) atoms. The van der Waals surface area contributed by atoms with Gasteiger partial charge >= 0.3 is 0 Å². The highest BCUT2D eigenvalue weighted by Crippen LogP contribution is 2.26. The van der Waals surface area contributed by atoms with Gasteiger partial charge < -0.3 is 19.1 Å². The maximum atomic E-state index is 12.6. The lowest BCUT2D eigenvalue weighted by Gasteiger charge is -2.19. The minimum atomic E-state index is -0.0593. The van der Waals surface area contributed by atoms with E-state index in [1.54, 1.807) is 50.4 Å². The van der Waals surface area contributed by atoms with Crippen LogP contribution < -0.4 is 14.2 Å². The van der Waals surface area contributed by atoms with Crippen LogP contribution in [0.15, 0.2) is 42.5 Å². The van der Waals surface area contributed by atoms with Gasteiger partial charge in [0, 0.05) is 30.8 Å². The molecule has 0 aliphatic heterocycles. The van der Waals surface area contributed by atoms with Crippen LogP contribution >= 0.6 is 0 Å². The highest BCUT2D eigenvalue weighted by molar-refractivity contribution is 5.94. The number of ether oxygens (including phenoxy) is 3. The molecule has 0 saturated heterocycles. The summed E-state index contributed by atoms with van der Waals surface area (Å²) in [6, 6.07) is 12.7. The van der Waals surface area contributed by atoms with Crippen molar-refractivity contribution in [3.63, 3.8) is 0 Å². The molecule has 2 aromatic rings. The lowest BCUT2D eigenvalue weighted by molar-refractivity contribution is 0.0784. The zero-order valence-electron chi connectivity index (χ0n) is 14.5. The average molecular weight is 329 g/mol. The van der Waals surface area contributed by atoms with Crippen LogP contribution in [0.3, 0.4) is 0 Å². The fourth-order valence-corrected chi connectivity index (χ4v) is 2.39. The second-order valence-corrected chi connectivity index (χ2v) is 5.30. The molecular formula is C19H23NO4. The van der Waals surface area contributed by atoms with E-state index >= 15 is 0 Å². The Hall–Kier alpha value is -2.69. The fraction of sp³-hybridized carbons (Fsp3) is 0.316. The Morgan fingerprint density at radius 1 is 1.00 bits per heavy atom. The molecule has 5 heteroatoms. The standard InChI is InChI=1S/C19H23NO4/c1-5-24-16-9-6-14(7-10-16)19(21)20(2)13-15-8-11-17(22-3)12-18(15)23-4/h6-12H,5,13H2,1-4H3. The van der Waals surface area contributed by atoms with E-state index in [4.69, 9.17) is 14.2 Å². The molecule has 128 valence electrons. The largest absolute Gasteiger partial charge is 0.497 e. The Morgan fingerprint density at radius 2 is 1.67 bits per heavy atom. The highest BCUT2D eigenvalue weighted by atomic mass is 16.5. The Bertz CT molecular complexity index is 682. The molecular weight excluding hydrogens is 306 g/mol. The fourth-order valence-electron chi connectivity index (χ4n) is 2.39. The summed E-state index contributed by atoms with van der Waals surface area (Å²) in [6.07, 6.45) is 0. The zero-order chi connectivity index (χ0) is 17.5.